The van der Waals surface area contributed by atoms with Gasteiger partial charge in [-0.15, -0.1) is 11.3 Å². The van der Waals surface area contributed by atoms with Crippen LogP contribution in [0, 0.1) is 5.92 Å². The van der Waals surface area contributed by atoms with E-state index in [9.17, 15) is 0 Å². The molecule has 1 aromatic heterocycles. The number of rotatable bonds is 4. The topological polar surface area (TPSA) is 28.2 Å². The maximum absolute atomic E-state index is 4.40. The number of nitrogens with zero attached hydrogens (tertiary/aromatic N) is 2. The number of hydrogen-bond acceptors (Lipinski definition) is 4. The predicted molar refractivity (Wildman–Crippen MR) is 78.2 cm³/mol. The van der Waals surface area contributed by atoms with Crippen LogP contribution in [0.15, 0.2) is 11.6 Å². The number of thiazole rings is 1. The van der Waals surface area contributed by atoms with Gasteiger partial charge in [-0.25, -0.2) is 4.98 Å². The first-order valence-corrected chi connectivity index (χ1v) is 7.79. The Balaban J connectivity index is 1.83. The van der Waals surface area contributed by atoms with Crippen LogP contribution in [0.1, 0.15) is 38.1 Å². The molecule has 4 unspecified atom stereocenters. The van der Waals surface area contributed by atoms with Crippen molar-refractivity contribution >= 4 is 11.3 Å². The summed E-state index contributed by atoms with van der Waals surface area (Å²) in [4.78, 5) is 6.86. The van der Waals surface area contributed by atoms with E-state index in [4.69, 9.17) is 0 Å². The van der Waals surface area contributed by atoms with Gasteiger partial charge in [-0.05, 0) is 26.3 Å². The zero-order valence-corrected chi connectivity index (χ0v) is 12.7. The monoisotopic (exact) mass is 267 g/mol. The first kappa shape index (κ1) is 14.0. The normalized spacial score (nSPS) is 31.4. The van der Waals surface area contributed by atoms with Crippen molar-refractivity contribution in [3.05, 3.63) is 16.6 Å². The molecule has 102 valence electrons. The second-order valence-electron chi connectivity index (χ2n) is 5.79. The number of nitrogens with one attached hydrogen (secondary N) is 1. The summed E-state index contributed by atoms with van der Waals surface area (Å²) in [6.07, 6.45) is 3.15. The molecule has 0 amide bonds. The van der Waals surface area contributed by atoms with Gasteiger partial charge in [-0.3, -0.25) is 0 Å². The van der Waals surface area contributed by atoms with Crippen LogP contribution in [0.3, 0.4) is 0 Å². The Morgan fingerprint density at radius 3 is 3.00 bits per heavy atom. The van der Waals surface area contributed by atoms with Crippen molar-refractivity contribution in [2.45, 2.75) is 45.2 Å². The van der Waals surface area contributed by atoms with E-state index >= 15 is 0 Å². The average molecular weight is 267 g/mol. The molecule has 1 fully saturated rings. The SMILES string of the molecule is CC(CNC1CC(C)N(C)CC1C)c1nccs1. The molecule has 1 aliphatic rings. The number of piperidine rings is 1. The summed E-state index contributed by atoms with van der Waals surface area (Å²) in [5, 5.41) is 7.06. The summed E-state index contributed by atoms with van der Waals surface area (Å²) < 4.78 is 0. The predicted octanol–water partition coefficient (Wildman–Crippen LogP) is 2.56. The van der Waals surface area contributed by atoms with Gasteiger partial charge in [0.25, 0.3) is 0 Å². The van der Waals surface area contributed by atoms with Crippen LogP contribution >= 0.6 is 11.3 Å². The first-order chi connectivity index (χ1) is 8.58. The van der Waals surface area contributed by atoms with Crippen LogP contribution in [-0.4, -0.2) is 42.1 Å². The minimum absolute atomic E-state index is 0.521. The van der Waals surface area contributed by atoms with Crippen molar-refractivity contribution in [3.63, 3.8) is 0 Å². The molecule has 0 spiro atoms. The van der Waals surface area contributed by atoms with E-state index in [1.54, 1.807) is 11.3 Å². The van der Waals surface area contributed by atoms with Crippen LogP contribution in [0.25, 0.3) is 0 Å². The highest BCUT2D eigenvalue weighted by Crippen LogP contribution is 2.22. The fourth-order valence-electron chi connectivity index (χ4n) is 2.72. The van der Waals surface area contributed by atoms with Crippen molar-refractivity contribution in [3.8, 4) is 0 Å². The van der Waals surface area contributed by atoms with Crippen LogP contribution in [0.2, 0.25) is 0 Å². The fourth-order valence-corrected chi connectivity index (χ4v) is 3.42. The van der Waals surface area contributed by atoms with Crippen LogP contribution in [-0.2, 0) is 0 Å². The van der Waals surface area contributed by atoms with Gasteiger partial charge in [-0.2, -0.15) is 0 Å². The second-order valence-corrected chi connectivity index (χ2v) is 6.71. The van der Waals surface area contributed by atoms with E-state index in [0.717, 1.165) is 12.5 Å². The van der Waals surface area contributed by atoms with Gasteiger partial charge < -0.3 is 10.2 Å². The van der Waals surface area contributed by atoms with E-state index in [0.29, 0.717) is 18.0 Å². The van der Waals surface area contributed by atoms with Crippen molar-refractivity contribution in [1.29, 1.82) is 0 Å². The molecule has 0 aromatic carbocycles. The summed E-state index contributed by atoms with van der Waals surface area (Å²) in [6.45, 7) is 9.18. The zero-order valence-electron chi connectivity index (χ0n) is 11.9. The molecule has 0 bridgehead atoms. The second kappa shape index (κ2) is 6.13. The molecule has 4 atom stereocenters. The summed E-state index contributed by atoms with van der Waals surface area (Å²) in [5.41, 5.74) is 0. The van der Waals surface area contributed by atoms with E-state index in [1.807, 2.05) is 6.20 Å². The zero-order chi connectivity index (χ0) is 13.1. The molecule has 2 heterocycles. The molecule has 0 radical (unpaired) electrons. The molecule has 0 saturated carbocycles. The Kier molecular flexibility index (Phi) is 4.76. The summed E-state index contributed by atoms with van der Waals surface area (Å²) >= 11 is 1.76. The number of likely N-dealkylation sites (tertiary alicyclic amines) is 1. The maximum Gasteiger partial charge on any atom is 0.0965 e. The molecule has 18 heavy (non-hydrogen) atoms. The quantitative estimate of drug-likeness (QED) is 0.909. The average Bonchev–Trinajstić information content (AvgIpc) is 2.85. The highest BCUT2D eigenvalue weighted by molar-refractivity contribution is 7.09. The van der Waals surface area contributed by atoms with Gasteiger partial charge in [0.05, 0.1) is 5.01 Å². The lowest BCUT2D eigenvalue weighted by Crippen LogP contribution is -2.51. The molecule has 1 N–H and O–H groups in total. The largest absolute Gasteiger partial charge is 0.313 e. The Morgan fingerprint density at radius 2 is 2.33 bits per heavy atom. The van der Waals surface area contributed by atoms with Gasteiger partial charge >= 0.3 is 0 Å². The molecule has 1 saturated heterocycles. The lowest BCUT2D eigenvalue weighted by molar-refractivity contribution is 0.121. The van der Waals surface area contributed by atoms with Crippen LogP contribution in [0.5, 0.6) is 0 Å². The summed E-state index contributed by atoms with van der Waals surface area (Å²) in [7, 11) is 2.23. The Labute approximate surface area is 115 Å². The highest BCUT2D eigenvalue weighted by Gasteiger charge is 2.28. The lowest BCUT2D eigenvalue weighted by Gasteiger charge is -2.40. The first-order valence-electron chi connectivity index (χ1n) is 6.91. The van der Waals surface area contributed by atoms with Gasteiger partial charge in [0.1, 0.15) is 0 Å². The third-order valence-corrected chi connectivity index (χ3v) is 5.18. The highest BCUT2D eigenvalue weighted by atomic mass is 32.1. The minimum Gasteiger partial charge on any atom is -0.313 e. The molecule has 1 aliphatic heterocycles. The molecular weight excluding hydrogens is 242 g/mol. The maximum atomic E-state index is 4.40. The smallest absolute Gasteiger partial charge is 0.0965 e. The number of aromatic nitrogens is 1. The number of hydrogen-bond donors (Lipinski definition) is 1. The minimum atomic E-state index is 0.521. The third kappa shape index (κ3) is 3.31. The third-order valence-electron chi connectivity index (χ3n) is 4.17. The lowest BCUT2D eigenvalue weighted by atomic mass is 9.89. The fraction of sp³-hybridized carbons (Fsp3) is 0.786. The molecular formula is C14H25N3S. The van der Waals surface area contributed by atoms with Crippen LogP contribution < -0.4 is 5.32 Å². The van der Waals surface area contributed by atoms with Gasteiger partial charge in [0, 0.05) is 42.7 Å². The van der Waals surface area contributed by atoms with Crippen molar-refractivity contribution in [1.82, 2.24) is 15.2 Å². The Morgan fingerprint density at radius 1 is 1.56 bits per heavy atom. The van der Waals surface area contributed by atoms with Gasteiger partial charge in [0.2, 0.25) is 0 Å². The standard InChI is InChI=1S/C14H25N3S/c1-10(14-15-5-6-18-14)8-16-13-7-12(3)17(4)9-11(13)2/h5-6,10-13,16H,7-9H2,1-4H3. The van der Waals surface area contributed by atoms with Crippen molar-refractivity contribution in [2.24, 2.45) is 5.92 Å². The van der Waals surface area contributed by atoms with Crippen molar-refractivity contribution < 1.29 is 0 Å². The van der Waals surface area contributed by atoms with Gasteiger partial charge in [0.15, 0.2) is 0 Å². The van der Waals surface area contributed by atoms with E-state index in [-0.39, 0.29) is 0 Å². The van der Waals surface area contributed by atoms with E-state index in [1.165, 1.54) is 18.0 Å². The summed E-state index contributed by atoms with van der Waals surface area (Å²) in [5.74, 6) is 1.25. The van der Waals surface area contributed by atoms with Crippen LogP contribution in [0.4, 0.5) is 0 Å². The molecule has 1 aromatic rings. The molecule has 4 heteroatoms. The molecule has 3 nitrogen and oxygen atoms in total. The molecule has 2 rings (SSSR count). The van der Waals surface area contributed by atoms with E-state index < -0.39 is 0 Å². The molecule has 0 aliphatic carbocycles. The van der Waals surface area contributed by atoms with E-state index in [2.05, 4.69) is 48.4 Å². The Bertz CT molecular complexity index is 352. The Hall–Kier alpha value is -0.450. The van der Waals surface area contributed by atoms with Gasteiger partial charge in [-0.1, -0.05) is 13.8 Å². The summed E-state index contributed by atoms with van der Waals surface area (Å²) in [6, 6.07) is 1.34. The van der Waals surface area contributed by atoms with Crippen molar-refractivity contribution in [2.75, 3.05) is 20.1 Å².